The van der Waals surface area contributed by atoms with Gasteiger partial charge in [-0.1, -0.05) is 29.3 Å². The third-order valence-electron chi connectivity index (χ3n) is 2.90. The van der Waals surface area contributed by atoms with Crippen LogP contribution in [0.5, 0.6) is 0 Å². The summed E-state index contributed by atoms with van der Waals surface area (Å²) in [6.45, 7) is 4.34. The summed E-state index contributed by atoms with van der Waals surface area (Å²) >= 11 is 3.40. The molecule has 0 radical (unpaired) electrons. The smallest absolute Gasteiger partial charge is 0.228 e. The molecule has 0 aliphatic rings. The van der Waals surface area contributed by atoms with Crippen LogP contribution in [0.25, 0.3) is 0 Å². The molecular weight excluding hydrogens is 320 g/mol. The molecule has 0 aliphatic heterocycles. The molecule has 0 saturated carbocycles. The number of ether oxygens (including phenoxy) is 1. The molecule has 112 valence electrons. The van der Waals surface area contributed by atoms with Crippen LogP contribution < -0.4 is 10.6 Å². The van der Waals surface area contributed by atoms with Crippen molar-refractivity contribution in [2.45, 2.75) is 26.2 Å². The van der Waals surface area contributed by atoms with Crippen molar-refractivity contribution in [1.29, 1.82) is 0 Å². The van der Waals surface area contributed by atoms with Gasteiger partial charge in [-0.05, 0) is 30.7 Å². The monoisotopic (exact) mass is 342 g/mol. The molecule has 2 N–H and O–H groups in total. The van der Waals surface area contributed by atoms with E-state index in [0.29, 0.717) is 26.1 Å². The van der Waals surface area contributed by atoms with Gasteiger partial charge in [0.2, 0.25) is 5.91 Å². The molecule has 1 aromatic rings. The largest absolute Gasteiger partial charge is 0.380 e. The van der Waals surface area contributed by atoms with Gasteiger partial charge in [0.05, 0.1) is 6.61 Å². The number of rotatable bonds is 9. The molecule has 0 atom stereocenters. The number of carbonyl (C=O) groups excluding carboxylic acids is 1. The third-order valence-corrected chi connectivity index (χ3v) is 3.43. The Morgan fingerprint density at radius 3 is 2.60 bits per heavy atom. The Morgan fingerprint density at radius 2 is 2.00 bits per heavy atom. The Bertz CT molecular complexity index is 395. The van der Waals surface area contributed by atoms with Crippen molar-refractivity contribution in [2.24, 2.45) is 5.73 Å². The molecule has 0 aliphatic carbocycles. The third kappa shape index (κ3) is 6.03. The Kier molecular flexibility index (Phi) is 8.49. The first-order chi connectivity index (χ1) is 9.69. The molecule has 0 bridgehead atoms. The number of benzene rings is 1. The maximum absolute atomic E-state index is 12.1. The number of nitrogens with zero attached hydrogens (tertiary/aromatic N) is 1. The lowest BCUT2D eigenvalue weighted by Crippen LogP contribution is -2.35. The first-order valence-electron chi connectivity index (χ1n) is 7.02. The Balaban J connectivity index is 2.60. The van der Waals surface area contributed by atoms with Crippen LogP contribution in [-0.2, 0) is 9.53 Å². The van der Waals surface area contributed by atoms with E-state index in [-0.39, 0.29) is 5.91 Å². The highest BCUT2D eigenvalue weighted by Crippen LogP contribution is 2.19. The average molecular weight is 343 g/mol. The predicted octanol–water partition coefficient (Wildman–Crippen LogP) is 2.95. The molecule has 0 fully saturated rings. The Labute approximate surface area is 129 Å². The van der Waals surface area contributed by atoms with Crippen molar-refractivity contribution in [3.05, 3.63) is 28.7 Å². The van der Waals surface area contributed by atoms with Crippen LogP contribution in [0, 0.1) is 0 Å². The maximum atomic E-state index is 12.1. The van der Waals surface area contributed by atoms with E-state index in [9.17, 15) is 4.79 Å². The van der Waals surface area contributed by atoms with Crippen molar-refractivity contribution in [1.82, 2.24) is 0 Å². The average Bonchev–Trinajstić information content (AvgIpc) is 2.44. The van der Waals surface area contributed by atoms with E-state index in [1.807, 2.05) is 24.3 Å². The lowest BCUT2D eigenvalue weighted by atomic mass is 10.2. The van der Waals surface area contributed by atoms with Gasteiger partial charge in [-0.2, -0.15) is 0 Å². The first kappa shape index (κ1) is 17.1. The maximum Gasteiger partial charge on any atom is 0.228 e. The van der Waals surface area contributed by atoms with Gasteiger partial charge < -0.3 is 15.4 Å². The zero-order chi connectivity index (χ0) is 14.8. The SMILES string of the molecule is CCCCOCCN(C(=O)CCN)c1ccc(Br)cc1. The molecule has 0 saturated heterocycles. The van der Waals surface area contributed by atoms with Gasteiger partial charge in [0, 0.05) is 36.3 Å². The summed E-state index contributed by atoms with van der Waals surface area (Å²) in [6, 6.07) is 7.70. The van der Waals surface area contributed by atoms with E-state index in [2.05, 4.69) is 22.9 Å². The topological polar surface area (TPSA) is 55.6 Å². The van der Waals surface area contributed by atoms with Crippen LogP contribution in [0.3, 0.4) is 0 Å². The number of amides is 1. The van der Waals surface area contributed by atoms with Gasteiger partial charge >= 0.3 is 0 Å². The molecule has 20 heavy (non-hydrogen) atoms. The van der Waals surface area contributed by atoms with Crippen LogP contribution in [0.4, 0.5) is 5.69 Å². The summed E-state index contributed by atoms with van der Waals surface area (Å²) in [4.78, 5) is 13.9. The van der Waals surface area contributed by atoms with Crippen LogP contribution in [-0.4, -0.2) is 32.2 Å². The van der Waals surface area contributed by atoms with Gasteiger partial charge in [-0.15, -0.1) is 0 Å². The van der Waals surface area contributed by atoms with E-state index in [1.54, 1.807) is 4.90 Å². The second-order valence-electron chi connectivity index (χ2n) is 4.53. The summed E-state index contributed by atoms with van der Waals surface area (Å²) in [5.41, 5.74) is 6.36. The molecule has 4 nitrogen and oxygen atoms in total. The van der Waals surface area contributed by atoms with Gasteiger partial charge in [0.1, 0.15) is 0 Å². The number of hydrogen-bond acceptors (Lipinski definition) is 3. The van der Waals surface area contributed by atoms with Crippen molar-refractivity contribution in [3.8, 4) is 0 Å². The van der Waals surface area contributed by atoms with E-state index < -0.39 is 0 Å². The lowest BCUT2D eigenvalue weighted by Gasteiger charge is -2.23. The zero-order valence-corrected chi connectivity index (χ0v) is 13.6. The summed E-state index contributed by atoms with van der Waals surface area (Å²) in [5, 5.41) is 0. The number of unbranched alkanes of at least 4 members (excludes halogenated alkanes) is 1. The number of nitrogens with two attached hydrogens (primary N) is 1. The van der Waals surface area contributed by atoms with Crippen molar-refractivity contribution in [3.63, 3.8) is 0 Å². The summed E-state index contributed by atoms with van der Waals surface area (Å²) in [7, 11) is 0. The zero-order valence-electron chi connectivity index (χ0n) is 12.0. The van der Waals surface area contributed by atoms with E-state index in [4.69, 9.17) is 10.5 Å². The van der Waals surface area contributed by atoms with Crippen LogP contribution in [0.15, 0.2) is 28.7 Å². The summed E-state index contributed by atoms with van der Waals surface area (Å²) in [5.74, 6) is 0.0360. The quantitative estimate of drug-likeness (QED) is 0.702. The minimum absolute atomic E-state index is 0.0360. The molecule has 0 heterocycles. The van der Waals surface area contributed by atoms with E-state index >= 15 is 0 Å². The lowest BCUT2D eigenvalue weighted by molar-refractivity contribution is -0.118. The number of anilines is 1. The first-order valence-corrected chi connectivity index (χ1v) is 7.82. The fraction of sp³-hybridized carbons (Fsp3) is 0.533. The predicted molar refractivity (Wildman–Crippen MR) is 85.9 cm³/mol. The van der Waals surface area contributed by atoms with Gasteiger partial charge in [0.25, 0.3) is 0 Å². The molecule has 0 aromatic heterocycles. The minimum Gasteiger partial charge on any atom is -0.380 e. The molecule has 1 rings (SSSR count). The Morgan fingerprint density at radius 1 is 1.30 bits per heavy atom. The van der Waals surface area contributed by atoms with Gasteiger partial charge in [-0.3, -0.25) is 4.79 Å². The van der Waals surface area contributed by atoms with Gasteiger partial charge in [0.15, 0.2) is 0 Å². The molecule has 0 spiro atoms. The fourth-order valence-electron chi connectivity index (χ4n) is 1.78. The van der Waals surface area contributed by atoms with Crippen molar-refractivity contribution in [2.75, 3.05) is 31.2 Å². The second kappa shape index (κ2) is 9.91. The van der Waals surface area contributed by atoms with Crippen molar-refractivity contribution < 1.29 is 9.53 Å². The van der Waals surface area contributed by atoms with E-state index in [1.165, 1.54) is 0 Å². The van der Waals surface area contributed by atoms with Crippen molar-refractivity contribution >= 4 is 27.5 Å². The standard InChI is InChI=1S/C15H23BrN2O2/c1-2-3-11-20-12-10-18(15(19)8-9-17)14-6-4-13(16)5-7-14/h4-7H,2-3,8-12,17H2,1H3. The van der Waals surface area contributed by atoms with Gasteiger partial charge in [-0.25, -0.2) is 0 Å². The highest BCUT2D eigenvalue weighted by molar-refractivity contribution is 9.10. The number of carbonyl (C=O) groups is 1. The fourth-order valence-corrected chi connectivity index (χ4v) is 2.05. The molecule has 5 heteroatoms. The normalized spacial score (nSPS) is 10.6. The second-order valence-corrected chi connectivity index (χ2v) is 5.44. The summed E-state index contributed by atoms with van der Waals surface area (Å²) < 4.78 is 6.54. The highest BCUT2D eigenvalue weighted by Gasteiger charge is 2.14. The molecular formula is C15H23BrN2O2. The molecule has 0 unspecified atom stereocenters. The van der Waals surface area contributed by atoms with E-state index in [0.717, 1.165) is 29.6 Å². The minimum atomic E-state index is 0.0360. The Hall–Kier alpha value is -0.910. The number of hydrogen-bond donors (Lipinski definition) is 1. The summed E-state index contributed by atoms with van der Waals surface area (Å²) in [6.07, 6.45) is 2.52. The van der Waals surface area contributed by atoms with Crippen LogP contribution in [0.2, 0.25) is 0 Å². The van der Waals surface area contributed by atoms with Crippen LogP contribution in [0.1, 0.15) is 26.2 Å². The molecule has 1 amide bonds. The van der Waals surface area contributed by atoms with Crippen LogP contribution >= 0.6 is 15.9 Å². The highest BCUT2D eigenvalue weighted by atomic mass is 79.9. The molecule has 1 aromatic carbocycles. The number of halogens is 1.